The van der Waals surface area contributed by atoms with E-state index in [0.29, 0.717) is 19.0 Å². The number of benzene rings is 1. The molecule has 1 atom stereocenters. The predicted octanol–water partition coefficient (Wildman–Crippen LogP) is 2.99. The molecule has 2 aliphatic heterocycles. The molecule has 3 N–H and O–H groups in total. The Labute approximate surface area is 176 Å². The number of phenolic OH excluding ortho intramolecular Hbond substituents is 1. The van der Waals surface area contributed by atoms with Crippen LogP contribution in [0.5, 0.6) is 5.75 Å². The van der Waals surface area contributed by atoms with Gasteiger partial charge in [-0.2, -0.15) is 0 Å². The molecule has 0 bridgehead atoms. The topological polar surface area (TPSA) is 82.5 Å². The molecule has 7 heteroatoms. The molecule has 2 aromatic heterocycles. The fraction of sp³-hybridized carbons (Fsp3) is 0.391. The number of aromatic nitrogens is 2. The number of nitrogens with one attached hydrogen (secondary N) is 2. The van der Waals surface area contributed by atoms with E-state index >= 15 is 0 Å². The van der Waals surface area contributed by atoms with E-state index in [-0.39, 0.29) is 6.04 Å². The average molecular weight is 406 g/mol. The van der Waals surface area contributed by atoms with Gasteiger partial charge in [-0.15, -0.1) is 0 Å². The van der Waals surface area contributed by atoms with Gasteiger partial charge in [-0.3, -0.25) is 10.4 Å². The Morgan fingerprint density at radius 3 is 2.60 bits per heavy atom. The van der Waals surface area contributed by atoms with Crippen LogP contribution in [0.1, 0.15) is 29.3 Å². The van der Waals surface area contributed by atoms with Crippen molar-refractivity contribution in [2.75, 3.05) is 37.7 Å². The van der Waals surface area contributed by atoms with Crippen molar-refractivity contribution in [1.82, 2.24) is 20.8 Å². The number of fused-ring (bicyclic) bond motifs is 1. The van der Waals surface area contributed by atoms with Crippen molar-refractivity contribution in [2.45, 2.75) is 26.3 Å². The van der Waals surface area contributed by atoms with E-state index < -0.39 is 0 Å². The minimum absolute atomic E-state index is 0.136. The number of aromatic hydroxyl groups is 1. The molecule has 1 unspecified atom stereocenters. The van der Waals surface area contributed by atoms with Crippen LogP contribution in [0.25, 0.3) is 22.0 Å². The lowest BCUT2D eigenvalue weighted by Gasteiger charge is -2.29. The zero-order valence-electron chi connectivity index (χ0n) is 17.4. The lowest BCUT2D eigenvalue weighted by molar-refractivity contribution is 0.122. The molecule has 156 valence electrons. The van der Waals surface area contributed by atoms with Crippen molar-refractivity contribution in [1.29, 1.82) is 0 Å². The van der Waals surface area contributed by atoms with E-state index in [9.17, 15) is 5.11 Å². The Bertz CT molecular complexity index is 1070. The van der Waals surface area contributed by atoms with Crippen LogP contribution in [0.3, 0.4) is 0 Å². The molecule has 3 aromatic rings. The lowest BCUT2D eigenvalue weighted by atomic mass is 9.96. The second-order valence-electron chi connectivity index (χ2n) is 8.09. The molecule has 7 nitrogen and oxygen atoms in total. The van der Waals surface area contributed by atoms with Crippen molar-refractivity contribution in [2.24, 2.45) is 0 Å². The van der Waals surface area contributed by atoms with Gasteiger partial charge >= 0.3 is 0 Å². The highest BCUT2D eigenvalue weighted by atomic mass is 16.5. The van der Waals surface area contributed by atoms with E-state index in [0.717, 1.165) is 70.7 Å². The summed E-state index contributed by atoms with van der Waals surface area (Å²) in [4.78, 5) is 12.1. The van der Waals surface area contributed by atoms with Gasteiger partial charge in [-0.25, -0.2) is 10.4 Å². The predicted molar refractivity (Wildman–Crippen MR) is 118 cm³/mol. The number of anilines is 1. The van der Waals surface area contributed by atoms with Crippen LogP contribution >= 0.6 is 0 Å². The van der Waals surface area contributed by atoms with Crippen LogP contribution in [0.15, 0.2) is 30.5 Å². The van der Waals surface area contributed by atoms with Gasteiger partial charge in [0, 0.05) is 31.2 Å². The van der Waals surface area contributed by atoms with Crippen LogP contribution in [0, 0.1) is 13.8 Å². The van der Waals surface area contributed by atoms with E-state index in [1.54, 1.807) is 0 Å². The maximum atomic E-state index is 10.3. The number of morpholine rings is 1. The van der Waals surface area contributed by atoms with Crippen LogP contribution in [0.4, 0.5) is 5.82 Å². The summed E-state index contributed by atoms with van der Waals surface area (Å²) in [7, 11) is 0. The number of pyridine rings is 2. The molecule has 0 amide bonds. The minimum atomic E-state index is 0.136. The van der Waals surface area contributed by atoms with Gasteiger partial charge in [0.2, 0.25) is 0 Å². The molecule has 0 saturated carbocycles. The van der Waals surface area contributed by atoms with Gasteiger partial charge in [0.15, 0.2) is 0 Å². The number of hydrogen-bond donors (Lipinski definition) is 3. The lowest BCUT2D eigenvalue weighted by Crippen LogP contribution is -2.36. The third-order valence-corrected chi connectivity index (χ3v) is 6.04. The number of rotatable bonds is 3. The molecule has 1 aromatic carbocycles. The summed E-state index contributed by atoms with van der Waals surface area (Å²) < 4.78 is 5.55. The molecular formula is C23H27N5O2. The molecule has 5 rings (SSSR count). The highest BCUT2D eigenvalue weighted by molar-refractivity contribution is 5.97. The Morgan fingerprint density at radius 1 is 1.13 bits per heavy atom. The van der Waals surface area contributed by atoms with Crippen LogP contribution in [0.2, 0.25) is 0 Å². The molecule has 0 aliphatic carbocycles. The smallest absolute Gasteiger partial charge is 0.130 e. The summed E-state index contributed by atoms with van der Waals surface area (Å²) in [5.74, 6) is 1.30. The zero-order chi connectivity index (χ0) is 20.7. The van der Waals surface area contributed by atoms with Gasteiger partial charge in [0.25, 0.3) is 0 Å². The van der Waals surface area contributed by atoms with E-state index in [2.05, 4.69) is 34.0 Å². The Morgan fingerprint density at radius 2 is 1.90 bits per heavy atom. The highest BCUT2D eigenvalue weighted by Crippen LogP contribution is 2.37. The summed E-state index contributed by atoms with van der Waals surface area (Å²) in [5, 5.41) is 11.4. The van der Waals surface area contributed by atoms with Gasteiger partial charge in [0.05, 0.1) is 30.5 Å². The van der Waals surface area contributed by atoms with E-state index in [1.807, 2.05) is 26.1 Å². The van der Waals surface area contributed by atoms with Crippen LogP contribution in [-0.2, 0) is 4.74 Å². The normalized spacial score (nSPS) is 19.5. The monoisotopic (exact) mass is 405 g/mol. The summed E-state index contributed by atoms with van der Waals surface area (Å²) in [6.45, 7) is 7.86. The van der Waals surface area contributed by atoms with Crippen molar-refractivity contribution < 1.29 is 9.84 Å². The highest BCUT2D eigenvalue weighted by Gasteiger charge is 2.23. The number of hydrazine groups is 1. The SMILES string of the molecule is Cc1cc(-c2cc(N3CCOCC3)nc3c(C4CCNN4)nccc23)cc(C)c1O. The first-order valence-corrected chi connectivity index (χ1v) is 10.5. The van der Waals surface area contributed by atoms with Gasteiger partial charge in [-0.1, -0.05) is 0 Å². The van der Waals surface area contributed by atoms with Gasteiger partial charge in [-0.05, 0) is 66.8 Å². The third-order valence-electron chi connectivity index (χ3n) is 6.04. The number of aryl methyl sites for hydroxylation is 2. The Kier molecular flexibility index (Phi) is 5.02. The number of phenols is 1. The second-order valence-corrected chi connectivity index (χ2v) is 8.09. The van der Waals surface area contributed by atoms with Crippen molar-refractivity contribution in [3.63, 3.8) is 0 Å². The fourth-order valence-electron chi connectivity index (χ4n) is 4.41. The van der Waals surface area contributed by atoms with Crippen molar-refractivity contribution in [3.8, 4) is 16.9 Å². The fourth-order valence-corrected chi connectivity index (χ4v) is 4.41. The summed E-state index contributed by atoms with van der Waals surface area (Å²) in [6, 6.07) is 8.45. The summed E-state index contributed by atoms with van der Waals surface area (Å²) in [6.07, 6.45) is 2.85. The van der Waals surface area contributed by atoms with Gasteiger partial charge in [0.1, 0.15) is 11.6 Å². The van der Waals surface area contributed by atoms with Crippen LogP contribution < -0.4 is 15.8 Å². The molecule has 0 spiro atoms. The quantitative estimate of drug-likeness (QED) is 0.618. The number of nitrogens with zero attached hydrogens (tertiary/aromatic N) is 3. The van der Waals surface area contributed by atoms with Crippen molar-refractivity contribution >= 4 is 16.7 Å². The van der Waals surface area contributed by atoms with Crippen molar-refractivity contribution in [3.05, 3.63) is 47.3 Å². The zero-order valence-corrected chi connectivity index (χ0v) is 17.4. The molecule has 2 fully saturated rings. The molecular weight excluding hydrogens is 378 g/mol. The number of hydrogen-bond acceptors (Lipinski definition) is 7. The van der Waals surface area contributed by atoms with E-state index in [1.165, 1.54) is 0 Å². The molecule has 0 radical (unpaired) electrons. The standard InChI is InChI=1S/C23H27N5O2/c1-14-11-16(12-15(2)23(14)29)18-13-20(28-7-9-30-10-8-28)26-21-17(18)3-5-24-22(21)19-4-6-25-27-19/h3,5,11-13,19,25,27,29H,4,6-10H2,1-2H3. The molecule has 2 saturated heterocycles. The first-order chi connectivity index (χ1) is 14.6. The summed E-state index contributed by atoms with van der Waals surface area (Å²) in [5.41, 5.74) is 12.4. The maximum absolute atomic E-state index is 10.3. The Balaban J connectivity index is 1.74. The number of ether oxygens (including phenoxy) is 1. The average Bonchev–Trinajstić information content (AvgIpc) is 3.31. The van der Waals surface area contributed by atoms with Crippen LogP contribution in [-0.4, -0.2) is 47.9 Å². The Hall–Kier alpha value is -2.74. The molecule has 2 aliphatic rings. The van der Waals surface area contributed by atoms with E-state index in [4.69, 9.17) is 14.7 Å². The largest absolute Gasteiger partial charge is 0.507 e. The first kappa shape index (κ1) is 19.2. The van der Waals surface area contributed by atoms with Gasteiger partial charge < -0.3 is 14.7 Å². The summed E-state index contributed by atoms with van der Waals surface area (Å²) >= 11 is 0. The minimum Gasteiger partial charge on any atom is -0.507 e. The third kappa shape index (κ3) is 3.39. The molecule has 30 heavy (non-hydrogen) atoms. The molecule has 4 heterocycles. The maximum Gasteiger partial charge on any atom is 0.130 e. The second kappa shape index (κ2) is 7.83. The first-order valence-electron chi connectivity index (χ1n) is 10.5.